The molecule has 2 heterocycles. The van der Waals surface area contributed by atoms with Gasteiger partial charge in [0.15, 0.2) is 0 Å². The summed E-state index contributed by atoms with van der Waals surface area (Å²) in [5, 5.41) is 5.78. The number of hydrogen-bond acceptors (Lipinski definition) is 4. The van der Waals surface area contributed by atoms with Gasteiger partial charge in [-0.3, -0.25) is 14.5 Å². The Bertz CT molecular complexity index is 868. The molecule has 1 aliphatic carbocycles. The number of fused-ring (bicyclic) bond motifs is 1. The van der Waals surface area contributed by atoms with Gasteiger partial charge >= 0.3 is 6.03 Å². The Labute approximate surface area is 183 Å². The van der Waals surface area contributed by atoms with E-state index in [1.165, 1.54) is 0 Å². The first-order chi connectivity index (χ1) is 14.7. The van der Waals surface area contributed by atoms with Crippen molar-refractivity contribution >= 4 is 17.8 Å². The Morgan fingerprint density at radius 3 is 2.65 bits per heavy atom. The number of para-hydroxylation sites is 1. The van der Waals surface area contributed by atoms with Crippen molar-refractivity contribution in [2.24, 2.45) is 17.3 Å². The van der Waals surface area contributed by atoms with Crippen molar-refractivity contribution in [3.05, 3.63) is 29.8 Å². The van der Waals surface area contributed by atoms with Crippen LogP contribution in [0.15, 0.2) is 24.3 Å². The summed E-state index contributed by atoms with van der Waals surface area (Å²) in [6.07, 6.45) is 3.90. The molecule has 7 nitrogen and oxygen atoms in total. The molecule has 1 saturated heterocycles. The van der Waals surface area contributed by atoms with Crippen LogP contribution in [0.3, 0.4) is 0 Å². The van der Waals surface area contributed by atoms with Gasteiger partial charge in [-0.1, -0.05) is 39.0 Å². The third-order valence-electron chi connectivity index (χ3n) is 7.16. The largest absolute Gasteiger partial charge is 0.493 e. The number of ether oxygens (including phenoxy) is 1. The number of benzene rings is 1. The Hall–Kier alpha value is -2.57. The van der Waals surface area contributed by atoms with Gasteiger partial charge in [0.25, 0.3) is 5.91 Å². The lowest BCUT2D eigenvalue weighted by molar-refractivity contribution is -0.136. The van der Waals surface area contributed by atoms with Crippen LogP contribution in [0.2, 0.25) is 0 Å². The molecule has 1 atom stereocenters. The Balaban J connectivity index is 1.29. The first kappa shape index (κ1) is 21.7. The van der Waals surface area contributed by atoms with Crippen molar-refractivity contribution in [2.75, 3.05) is 19.7 Å². The summed E-state index contributed by atoms with van der Waals surface area (Å²) in [5.41, 5.74) is 0.492. The fraction of sp³-hybridized carbons (Fsp3) is 0.625. The van der Waals surface area contributed by atoms with E-state index in [0.29, 0.717) is 31.9 Å². The number of carbonyl (C=O) groups excluding carboxylic acids is 3. The molecule has 2 aliphatic heterocycles. The number of nitrogens with zero attached hydrogens (tertiary/aromatic N) is 1. The maximum atomic E-state index is 13.1. The van der Waals surface area contributed by atoms with Crippen LogP contribution < -0.4 is 15.4 Å². The molecule has 31 heavy (non-hydrogen) atoms. The van der Waals surface area contributed by atoms with E-state index in [-0.39, 0.29) is 29.7 Å². The van der Waals surface area contributed by atoms with Crippen LogP contribution >= 0.6 is 0 Å². The van der Waals surface area contributed by atoms with Crippen LogP contribution in [0.25, 0.3) is 0 Å². The van der Waals surface area contributed by atoms with Crippen molar-refractivity contribution in [3.8, 4) is 5.75 Å². The third-order valence-corrected chi connectivity index (χ3v) is 7.16. The monoisotopic (exact) mass is 427 g/mol. The lowest BCUT2D eigenvalue weighted by atomic mass is 9.67. The van der Waals surface area contributed by atoms with Gasteiger partial charge in [-0.2, -0.15) is 0 Å². The minimum Gasteiger partial charge on any atom is -0.493 e. The fourth-order valence-corrected chi connectivity index (χ4v) is 5.11. The molecule has 7 heteroatoms. The van der Waals surface area contributed by atoms with Crippen LogP contribution in [0.4, 0.5) is 4.79 Å². The summed E-state index contributed by atoms with van der Waals surface area (Å²) >= 11 is 0. The molecule has 4 amide bonds. The molecule has 0 radical (unpaired) electrons. The maximum absolute atomic E-state index is 13.1. The maximum Gasteiger partial charge on any atom is 0.325 e. The summed E-state index contributed by atoms with van der Waals surface area (Å²) in [5.74, 6) is 1.03. The lowest BCUT2D eigenvalue weighted by Gasteiger charge is -2.40. The van der Waals surface area contributed by atoms with E-state index in [9.17, 15) is 14.4 Å². The zero-order valence-electron chi connectivity index (χ0n) is 18.7. The molecule has 1 aromatic rings. The van der Waals surface area contributed by atoms with Gasteiger partial charge in [-0.15, -0.1) is 0 Å². The van der Waals surface area contributed by atoms with Gasteiger partial charge in [0, 0.05) is 12.5 Å². The Kier molecular flexibility index (Phi) is 5.71. The summed E-state index contributed by atoms with van der Waals surface area (Å²) in [4.78, 5) is 39.2. The van der Waals surface area contributed by atoms with Crippen molar-refractivity contribution in [1.29, 1.82) is 0 Å². The van der Waals surface area contributed by atoms with Crippen LogP contribution in [0.1, 0.15) is 52.0 Å². The lowest BCUT2D eigenvalue weighted by Crippen LogP contribution is -2.51. The van der Waals surface area contributed by atoms with Gasteiger partial charge in [-0.25, -0.2) is 4.79 Å². The van der Waals surface area contributed by atoms with Crippen molar-refractivity contribution in [1.82, 2.24) is 15.5 Å². The minimum atomic E-state index is -0.833. The molecule has 1 aromatic carbocycles. The predicted octanol–water partition coefficient (Wildman–Crippen LogP) is 2.88. The zero-order chi connectivity index (χ0) is 22.2. The number of imide groups is 1. The van der Waals surface area contributed by atoms with Crippen molar-refractivity contribution < 1.29 is 19.1 Å². The van der Waals surface area contributed by atoms with E-state index in [1.807, 2.05) is 24.3 Å². The summed E-state index contributed by atoms with van der Waals surface area (Å²) in [6.45, 7) is 7.42. The smallest absolute Gasteiger partial charge is 0.325 e. The quantitative estimate of drug-likeness (QED) is 0.724. The third kappa shape index (κ3) is 4.41. The average molecular weight is 428 g/mol. The second-order valence-electron chi connectivity index (χ2n) is 10.3. The molecule has 4 rings (SSSR count). The number of hydrogen-bond donors (Lipinski definition) is 2. The first-order valence-electron chi connectivity index (χ1n) is 11.3. The topological polar surface area (TPSA) is 87.7 Å². The van der Waals surface area contributed by atoms with E-state index < -0.39 is 11.6 Å². The fourth-order valence-electron chi connectivity index (χ4n) is 5.11. The molecule has 1 unspecified atom stereocenters. The normalized spacial score (nSPS) is 28.2. The second-order valence-corrected chi connectivity index (χ2v) is 10.3. The Morgan fingerprint density at radius 2 is 1.94 bits per heavy atom. The molecule has 168 valence electrons. The van der Waals surface area contributed by atoms with Crippen LogP contribution in [0.5, 0.6) is 5.75 Å². The molecule has 3 aliphatic rings. The number of carbonyl (C=O) groups is 3. The SMILES string of the molecule is CC(C)(C)C1CCC2(CC1)NC(=O)N(CC(=O)NCC1COc3ccccc3C1)C2=O. The molecule has 1 saturated carbocycles. The number of urea groups is 1. The first-order valence-corrected chi connectivity index (χ1v) is 11.3. The average Bonchev–Trinajstić information content (AvgIpc) is 2.95. The molecule has 2 N–H and O–H groups in total. The molecular formula is C24H33N3O4. The van der Waals surface area contributed by atoms with Crippen molar-refractivity contribution in [2.45, 2.75) is 58.4 Å². The highest BCUT2D eigenvalue weighted by atomic mass is 16.5. The minimum absolute atomic E-state index is 0.168. The van der Waals surface area contributed by atoms with Crippen LogP contribution in [-0.4, -0.2) is 48.0 Å². The van der Waals surface area contributed by atoms with E-state index in [4.69, 9.17) is 4.74 Å². The molecule has 2 fully saturated rings. The van der Waals surface area contributed by atoms with Crippen LogP contribution in [0, 0.1) is 17.3 Å². The van der Waals surface area contributed by atoms with E-state index in [1.54, 1.807) is 0 Å². The van der Waals surface area contributed by atoms with Crippen LogP contribution in [-0.2, 0) is 16.0 Å². The standard InChI is InChI=1S/C24H33N3O4/c1-23(2,3)18-8-10-24(11-9-18)21(29)27(22(30)26-24)14-20(28)25-13-16-12-17-6-4-5-7-19(17)31-15-16/h4-7,16,18H,8-15H2,1-3H3,(H,25,28)(H,26,30). The summed E-state index contributed by atoms with van der Waals surface area (Å²) in [7, 11) is 0. The zero-order valence-corrected chi connectivity index (χ0v) is 18.7. The van der Waals surface area contributed by atoms with Gasteiger partial charge in [0.1, 0.15) is 17.8 Å². The number of nitrogens with one attached hydrogen (secondary N) is 2. The molecule has 0 aromatic heterocycles. The van der Waals surface area contributed by atoms with E-state index in [0.717, 1.165) is 35.5 Å². The number of amides is 4. The predicted molar refractivity (Wildman–Crippen MR) is 117 cm³/mol. The van der Waals surface area contributed by atoms with Gasteiger partial charge in [0.2, 0.25) is 5.91 Å². The highest BCUT2D eigenvalue weighted by molar-refractivity contribution is 6.09. The molecule has 0 bridgehead atoms. The molecular weight excluding hydrogens is 394 g/mol. The second kappa shape index (κ2) is 8.17. The van der Waals surface area contributed by atoms with E-state index >= 15 is 0 Å². The highest BCUT2D eigenvalue weighted by Gasteiger charge is 2.53. The highest BCUT2D eigenvalue weighted by Crippen LogP contribution is 2.43. The molecule has 1 spiro atoms. The Morgan fingerprint density at radius 1 is 1.23 bits per heavy atom. The van der Waals surface area contributed by atoms with Gasteiger partial charge in [0.05, 0.1) is 6.61 Å². The van der Waals surface area contributed by atoms with Crippen molar-refractivity contribution in [3.63, 3.8) is 0 Å². The van der Waals surface area contributed by atoms with E-state index in [2.05, 4.69) is 31.4 Å². The van der Waals surface area contributed by atoms with Gasteiger partial charge in [-0.05, 0) is 55.1 Å². The van der Waals surface area contributed by atoms with Gasteiger partial charge < -0.3 is 15.4 Å². The number of rotatable bonds is 4. The summed E-state index contributed by atoms with van der Waals surface area (Å²) < 4.78 is 5.76. The summed E-state index contributed by atoms with van der Waals surface area (Å²) in [6, 6.07) is 7.45.